The summed E-state index contributed by atoms with van der Waals surface area (Å²) in [5, 5.41) is 54.7. The fraction of sp³-hybridized carbons (Fsp3) is 0.695. The molecule has 1 saturated heterocycles. The Hall–Kier alpha value is -12.2. The first-order valence-electron chi connectivity index (χ1n) is 44.1. The Morgan fingerprint density at radius 3 is 1.36 bits per heavy atom. The van der Waals surface area contributed by atoms with E-state index < -0.39 is 216 Å². The van der Waals surface area contributed by atoms with Crippen molar-refractivity contribution in [2.45, 2.75) is 311 Å². The van der Waals surface area contributed by atoms with Gasteiger partial charge in [-0.25, -0.2) is 0 Å². The van der Waals surface area contributed by atoms with Crippen molar-refractivity contribution in [3.8, 4) is 0 Å². The number of nitrogens with zero attached hydrogens (tertiary/aromatic N) is 5. The summed E-state index contributed by atoms with van der Waals surface area (Å²) in [5.74, 6) is -16.9. The zero-order chi connectivity index (χ0) is 96.3. The molecule has 3 fully saturated rings. The lowest BCUT2D eigenvalue weighted by Gasteiger charge is -2.34. The lowest BCUT2D eigenvalue weighted by molar-refractivity contribution is -0.143. The Morgan fingerprint density at radius 1 is 0.473 bits per heavy atom. The molecule has 14 atom stereocenters. The average molecular weight is 1820 g/mol. The zero-order valence-corrected chi connectivity index (χ0v) is 74.9. The first-order valence-corrected chi connectivity index (χ1v) is 44.1. The predicted molar refractivity (Wildman–Crippen MR) is 474 cm³/mol. The number of guanidine groups is 3. The van der Waals surface area contributed by atoms with Crippen molar-refractivity contribution >= 4 is 118 Å². The van der Waals surface area contributed by atoms with Crippen LogP contribution in [0.15, 0.2) is 39.5 Å². The van der Waals surface area contributed by atoms with E-state index in [1.54, 1.807) is 12.1 Å². The highest BCUT2D eigenvalue weighted by Gasteiger charge is 2.44. The van der Waals surface area contributed by atoms with Crippen LogP contribution < -0.4 is 126 Å². The highest BCUT2D eigenvalue weighted by molar-refractivity contribution is 6.02. The second kappa shape index (κ2) is 55.5. The van der Waals surface area contributed by atoms with Gasteiger partial charge in [0, 0.05) is 58.3 Å². The molecular formula is C82H140N28O19. The van der Waals surface area contributed by atoms with Gasteiger partial charge in [-0.1, -0.05) is 71.1 Å². The number of hydrogen-bond donors (Lipinski definition) is 25. The molecule has 1 aromatic heterocycles. The van der Waals surface area contributed by atoms with Gasteiger partial charge in [-0.2, -0.15) is 0 Å². The van der Waals surface area contributed by atoms with Crippen molar-refractivity contribution < 1.29 is 91.7 Å². The average Bonchev–Trinajstić information content (AvgIpc) is 1.55. The van der Waals surface area contributed by atoms with Gasteiger partial charge in [-0.3, -0.25) is 101 Å². The number of nitrogens with one attached hydrogen (secondary N) is 13. The Labute approximate surface area is 750 Å². The number of rotatable bonds is 57. The lowest BCUT2D eigenvalue weighted by atomic mass is 9.84. The molecule has 722 valence electrons. The summed E-state index contributed by atoms with van der Waals surface area (Å²) in [4.78, 5) is 256. The monoisotopic (exact) mass is 1820 g/mol. The number of aromatic nitrogens is 1. The van der Waals surface area contributed by atoms with Gasteiger partial charge < -0.3 is 142 Å². The van der Waals surface area contributed by atoms with E-state index in [0.717, 1.165) is 65.2 Å². The van der Waals surface area contributed by atoms with Crippen LogP contribution in [0.4, 0.5) is 0 Å². The minimum atomic E-state index is -2.06. The van der Waals surface area contributed by atoms with E-state index in [2.05, 4.69) is 89.1 Å². The molecule has 3 aliphatic rings. The number of amides is 17. The summed E-state index contributed by atoms with van der Waals surface area (Å²) in [5.41, 5.74) is 52.7. The van der Waals surface area contributed by atoms with E-state index in [4.69, 9.17) is 57.3 Å². The van der Waals surface area contributed by atoms with Crippen LogP contribution >= 0.6 is 0 Å². The molecule has 0 bridgehead atoms. The molecule has 0 spiro atoms. The predicted octanol–water partition coefficient (Wildman–Crippen LogP) is -7.62. The second-order valence-electron chi connectivity index (χ2n) is 33.9. The number of hydrogen-bond acceptors (Lipinski definition) is 24. The third kappa shape index (κ3) is 39.1. The first kappa shape index (κ1) is 109. The number of carbonyl (C=O) groups is 17. The first-order chi connectivity index (χ1) is 60.9. The Bertz CT molecular complexity index is 4040. The van der Waals surface area contributed by atoms with Crippen molar-refractivity contribution in [1.82, 2.24) is 79.0 Å². The van der Waals surface area contributed by atoms with Crippen LogP contribution in [0.5, 0.6) is 0 Å². The van der Waals surface area contributed by atoms with E-state index in [0.29, 0.717) is 24.8 Å². The van der Waals surface area contributed by atoms with Crippen LogP contribution in [0.3, 0.4) is 0 Å². The molecule has 47 nitrogen and oxygen atoms in total. The summed E-state index contributed by atoms with van der Waals surface area (Å²) >= 11 is 0. The van der Waals surface area contributed by atoms with Gasteiger partial charge in [0.15, 0.2) is 17.9 Å². The maximum atomic E-state index is 15.1. The van der Waals surface area contributed by atoms with Crippen molar-refractivity contribution in [2.24, 2.45) is 84.1 Å². The topological polar surface area (TPSA) is 800 Å². The third-order valence-electron chi connectivity index (χ3n) is 22.7. The molecule has 4 rings (SSSR count). The molecule has 0 radical (unpaired) electrons. The number of unbranched alkanes of at least 4 members (excludes halogenated alkanes) is 1. The van der Waals surface area contributed by atoms with E-state index in [-0.39, 0.29) is 152 Å². The van der Waals surface area contributed by atoms with Crippen molar-refractivity contribution in [2.75, 3.05) is 39.3 Å². The number of aliphatic imine (C=N–C) groups is 3. The van der Waals surface area contributed by atoms with Gasteiger partial charge >= 0.3 is 0 Å². The number of likely N-dealkylation sites (tertiary alicyclic amines) is 1. The molecule has 17 amide bonds. The normalized spacial score (nSPS) is 17.3. The van der Waals surface area contributed by atoms with Gasteiger partial charge in [0.1, 0.15) is 83.6 Å². The summed E-state index contributed by atoms with van der Waals surface area (Å²) in [7, 11) is 0. The summed E-state index contributed by atoms with van der Waals surface area (Å²) in [6.45, 7) is 6.84. The summed E-state index contributed by atoms with van der Waals surface area (Å²) < 4.78 is 0. The number of aliphatic hydroxyl groups is 2. The standard InChI is InChI=1S/C82H140N28O19/c1-7-82(6,109-72(124)57(41-48-22-12-9-13-23-48)105-69(121)56(42-49-31-37-93-38-32-49)104-67(119)51(26-17-35-95-79(89)90)101-73(125)60-28-19-39-110(60)75(127)59(44-111)97-46(3)113)77(129)106-58(43-62(85)115)70(122)99-53(24-14-15-33-83)71(123)108-81(4,5)76(128)107-63(45(2)112)74(126)102-52(27-18-36-96-80(91)92)65(117)100-54(29-30-61(84)114)68(120)98-50(25-16-34-94-78(87)88)66(118)103-55(64(86)116)40-47-20-10-8-11-21-47/h31-32,37-38,45,47-48,50-60,63,111-112H,7-30,33-36,39-44,83H2,1-6H3,(H2,84,114)(H2,85,115)(H2,86,116)(H,97,113)(H,98,120)(H,99,122)(H,100,117)(H,101,125)(H,102,126)(H,103,118)(H,104,119)(H,105,121)(H,106,129)(H,107,128)(H,108,123)(H,109,124)(H4,87,88,94)(H4,89,90,95)(H4,91,92,96)/t45?,50-,51-,52-,53?,54?,55?,56?,57-,58-,59-,60+,63?,82-/m0/s1. The Kier molecular flexibility index (Phi) is 47.0. The Balaban J connectivity index is 1.61. The van der Waals surface area contributed by atoms with Crippen LogP contribution in [0.2, 0.25) is 0 Å². The van der Waals surface area contributed by atoms with Crippen LogP contribution in [0.25, 0.3) is 0 Å². The van der Waals surface area contributed by atoms with E-state index >= 15 is 9.59 Å². The molecular weight excluding hydrogens is 1680 g/mol. The van der Waals surface area contributed by atoms with E-state index in [1.165, 1.54) is 45.0 Å². The van der Waals surface area contributed by atoms with Gasteiger partial charge in [0.05, 0.1) is 19.1 Å². The van der Waals surface area contributed by atoms with Crippen molar-refractivity contribution in [3.63, 3.8) is 0 Å². The van der Waals surface area contributed by atoms with Crippen molar-refractivity contribution in [3.05, 3.63) is 30.1 Å². The number of aliphatic hydroxyl groups excluding tert-OH is 2. The number of carbonyl (C=O) groups excluding carboxylic acids is 17. The molecule has 47 heteroatoms. The van der Waals surface area contributed by atoms with Crippen molar-refractivity contribution in [1.29, 1.82) is 0 Å². The maximum Gasteiger partial charge on any atom is 0.248 e. The fourth-order valence-corrected chi connectivity index (χ4v) is 15.3. The molecule has 0 aromatic carbocycles. The molecule has 6 unspecified atom stereocenters. The maximum absolute atomic E-state index is 15.1. The minimum absolute atomic E-state index is 0.00345. The SMILES string of the molecule is CC[C@](C)(NC(=O)[C@H](CC1CCCCC1)NC(=O)C(Cc1ccncc1)NC(=O)[C@H](CCCN=C(N)N)NC(=O)[C@H]1CCCN1C(=O)[C@H](CO)NC(C)=O)C(=O)N[C@@H](CC(N)=O)C(=O)NC(CCCCN)C(=O)NC(C)(C)C(=O)NC(C(=O)N[C@@H](CCCN=C(N)N)C(=O)NC(CCC(N)=O)C(=O)N[C@@H](CCCN=C(N)N)C(=O)NC(CC1CCCCC1)C(N)=O)C(C)O. The molecule has 2 aliphatic carbocycles. The van der Waals surface area contributed by atoms with Gasteiger partial charge in [0.2, 0.25) is 100 Å². The van der Waals surface area contributed by atoms with E-state index in [9.17, 15) is 82.1 Å². The van der Waals surface area contributed by atoms with Crippen LogP contribution in [-0.4, -0.2) is 267 Å². The lowest BCUT2D eigenvalue weighted by Crippen LogP contribution is -2.65. The molecule has 129 heavy (non-hydrogen) atoms. The van der Waals surface area contributed by atoms with Crippen LogP contribution in [0, 0.1) is 11.8 Å². The molecule has 2 heterocycles. The number of primary amides is 3. The highest BCUT2D eigenvalue weighted by atomic mass is 16.3. The van der Waals surface area contributed by atoms with Gasteiger partial charge in [-0.05, 0) is 160 Å². The van der Waals surface area contributed by atoms with Gasteiger partial charge in [0.25, 0.3) is 0 Å². The van der Waals surface area contributed by atoms with E-state index in [1.807, 2.05) is 0 Å². The molecule has 1 aromatic rings. The highest BCUT2D eigenvalue weighted by Crippen LogP contribution is 2.30. The van der Waals surface area contributed by atoms with Crippen LogP contribution in [-0.2, 0) is 87.9 Å². The fourth-order valence-electron chi connectivity index (χ4n) is 15.3. The quantitative estimate of drug-likeness (QED) is 0.0164. The molecule has 2 saturated carbocycles. The summed E-state index contributed by atoms with van der Waals surface area (Å²) in [6.07, 6.45) is 7.87. The molecule has 1 aliphatic heterocycles. The third-order valence-corrected chi connectivity index (χ3v) is 22.7. The number of pyridine rings is 1. The number of nitrogens with two attached hydrogens (primary N) is 10. The second-order valence-corrected chi connectivity index (χ2v) is 33.9. The summed E-state index contributed by atoms with van der Waals surface area (Å²) in [6, 6.07) is -14.9. The Morgan fingerprint density at radius 2 is 0.907 bits per heavy atom. The zero-order valence-electron chi connectivity index (χ0n) is 74.9. The largest absolute Gasteiger partial charge is 0.394 e. The smallest absolute Gasteiger partial charge is 0.248 e. The minimum Gasteiger partial charge on any atom is -0.394 e. The van der Waals surface area contributed by atoms with Gasteiger partial charge in [-0.15, -0.1) is 0 Å². The molecule has 35 N–H and O–H groups in total. The van der Waals surface area contributed by atoms with Crippen LogP contribution in [0.1, 0.15) is 220 Å².